The van der Waals surface area contributed by atoms with Crippen LogP contribution in [0.15, 0.2) is 23.1 Å². The zero-order chi connectivity index (χ0) is 11.7. The molecular formula is C12H17NO2S. The molecule has 1 aromatic rings. The Labute approximate surface area is 98.8 Å². The summed E-state index contributed by atoms with van der Waals surface area (Å²) in [6, 6.07) is 6.12. The Morgan fingerprint density at radius 1 is 1.38 bits per heavy atom. The van der Waals surface area contributed by atoms with Crippen molar-refractivity contribution in [2.75, 3.05) is 6.54 Å². The van der Waals surface area contributed by atoms with Gasteiger partial charge in [-0.15, -0.1) is 0 Å². The lowest BCUT2D eigenvalue weighted by molar-refractivity contribution is 0.203. The van der Waals surface area contributed by atoms with Crippen molar-refractivity contribution in [2.24, 2.45) is 0 Å². The normalized spacial score (nSPS) is 18.5. The molecule has 1 N–H and O–H groups in total. The molecule has 0 saturated heterocycles. The first-order valence-electron chi connectivity index (χ1n) is 5.54. The van der Waals surface area contributed by atoms with Crippen molar-refractivity contribution in [3.05, 3.63) is 29.3 Å². The highest BCUT2D eigenvalue weighted by molar-refractivity contribution is 7.79. The Bertz CT molecular complexity index is 417. The lowest BCUT2D eigenvalue weighted by Crippen LogP contribution is -2.35. The topological polar surface area (TPSA) is 40.5 Å². The molecule has 1 atom stereocenters. The van der Waals surface area contributed by atoms with E-state index in [9.17, 15) is 4.21 Å². The van der Waals surface area contributed by atoms with Crippen LogP contribution < -0.4 is 0 Å². The van der Waals surface area contributed by atoms with Gasteiger partial charge in [0.15, 0.2) is 11.1 Å². The molecule has 2 rings (SSSR count). The minimum absolute atomic E-state index is 0.504. The summed E-state index contributed by atoms with van der Waals surface area (Å²) in [5, 5.41) is 0. The van der Waals surface area contributed by atoms with Crippen molar-refractivity contribution in [3.8, 4) is 0 Å². The molecule has 0 spiro atoms. The summed E-state index contributed by atoms with van der Waals surface area (Å²) >= 11 is -1.87. The SMILES string of the molecule is CC(C)N1CCc2ccc(S(=O)O)cc2C1. The van der Waals surface area contributed by atoms with E-state index in [-0.39, 0.29) is 0 Å². The first-order valence-corrected chi connectivity index (χ1v) is 6.65. The van der Waals surface area contributed by atoms with Crippen LogP contribution in [-0.4, -0.2) is 26.2 Å². The maximum absolute atomic E-state index is 11.0. The molecule has 16 heavy (non-hydrogen) atoms. The third kappa shape index (κ3) is 2.34. The van der Waals surface area contributed by atoms with Gasteiger partial charge in [0.25, 0.3) is 0 Å². The third-order valence-electron chi connectivity index (χ3n) is 3.15. The summed E-state index contributed by atoms with van der Waals surface area (Å²) in [5.41, 5.74) is 2.51. The van der Waals surface area contributed by atoms with Gasteiger partial charge in [0.05, 0.1) is 4.90 Å². The Kier molecular flexibility index (Phi) is 3.42. The van der Waals surface area contributed by atoms with Crippen LogP contribution in [0.2, 0.25) is 0 Å². The van der Waals surface area contributed by atoms with Crippen molar-refractivity contribution in [3.63, 3.8) is 0 Å². The van der Waals surface area contributed by atoms with Crippen LogP contribution in [-0.2, 0) is 24.0 Å². The molecule has 0 saturated carbocycles. The van der Waals surface area contributed by atoms with Crippen LogP contribution in [0.5, 0.6) is 0 Å². The molecule has 3 nitrogen and oxygen atoms in total. The second kappa shape index (κ2) is 4.65. The Hall–Kier alpha value is -0.710. The van der Waals surface area contributed by atoms with E-state index in [0.717, 1.165) is 19.5 Å². The van der Waals surface area contributed by atoms with Crippen molar-refractivity contribution < 1.29 is 8.76 Å². The average Bonchev–Trinajstić information content (AvgIpc) is 2.27. The lowest BCUT2D eigenvalue weighted by Gasteiger charge is -2.32. The zero-order valence-corrected chi connectivity index (χ0v) is 10.5. The fraction of sp³-hybridized carbons (Fsp3) is 0.500. The summed E-state index contributed by atoms with van der Waals surface area (Å²) < 4.78 is 20.1. The maximum atomic E-state index is 11.0. The fourth-order valence-electron chi connectivity index (χ4n) is 2.10. The standard InChI is InChI=1S/C12H17NO2S/c1-9(2)13-6-5-10-3-4-12(16(14)15)7-11(10)8-13/h3-4,7,9H,5-6,8H2,1-2H3,(H,14,15). The molecule has 0 amide bonds. The summed E-state index contributed by atoms with van der Waals surface area (Å²) in [4.78, 5) is 2.89. The van der Waals surface area contributed by atoms with E-state index in [1.807, 2.05) is 12.1 Å². The first-order chi connectivity index (χ1) is 7.58. The van der Waals surface area contributed by atoms with Crippen LogP contribution >= 0.6 is 0 Å². The lowest BCUT2D eigenvalue weighted by atomic mass is 9.99. The minimum Gasteiger partial charge on any atom is -0.302 e. The second-order valence-electron chi connectivity index (χ2n) is 4.49. The molecule has 1 unspecified atom stereocenters. The number of rotatable bonds is 2. The molecule has 1 heterocycles. The van der Waals surface area contributed by atoms with Gasteiger partial charge >= 0.3 is 0 Å². The van der Waals surface area contributed by atoms with Gasteiger partial charge in [-0.1, -0.05) is 6.07 Å². The van der Waals surface area contributed by atoms with Gasteiger partial charge in [0.2, 0.25) is 0 Å². The summed E-state index contributed by atoms with van der Waals surface area (Å²) in [5.74, 6) is 0. The van der Waals surface area contributed by atoms with E-state index in [4.69, 9.17) is 4.55 Å². The first kappa shape index (κ1) is 11.8. The number of fused-ring (bicyclic) bond motifs is 1. The van der Waals surface area contributed by atoms with E-state index < -0.39 is 11.1 Å². The summed E-state index contributed by atoms with van der Waals surface area (Å²) in [6.45, 7) is 6.32. The molecule has 1 aromatic carbocycles. The van der Waals surface area contributed by atoms with Crippen molar-refractivity contribution >= 4 is 11.1 Å². The molecule has 1 aliphatic rings. The zero-order valence-electron chi connectivity index (χ0n) is 9.64. The highest BCUT2D eigenvalue weighted by Crippen LogP contribution is 2.22. The van der Waals surface area contributed by atoms with Crippen LogP contribution in [0.1, 0.15) is 25.0 Å². The predicted octanol–water partition coefficient (Wildman–Crippen LogP) is 2.03. The van der Waals surface area contributed by atoms with Crippen molar-refractivity contribution in [2.45, 2.75) is 37.8 Å². The number of hydrogen-bond acceptors (Lipinski definition) is 2. The Morgan fingerprint density at radius 2 is 2.12 bits per heavy atom. The van der Waals surface area contributed by atoms with E-state index in [2.05, 4.69) is 18.7 Å². The van der Waals surface area contributed by atoms with Gasteiger partial charge in [-0.3, -0.25) is 4.90 Å². The largest absolute Gasteiger partial charge is 0.302 e. The molecule has 88 valence electrons. The third-order valence-corrected chi connectivity index (χ3v) is 3.81. The minimum atomic E-state index is -1.87. The van der Waals surface area contributed by atoms with Gasteiger partial charge in [-0.05, 0) is 43.5 Å². The van der Waals surface area contributed by atoms with Crippen LogP contribution in [0.4, 0.5) is 0 Å². The van der Waals surface area contributed by atoms with Gasteiger partial charge in [-0.25, -0.2) is 4.21 Å². The molecular weight excluding hydrogens is 222 g/mol. The van der Waals surface area contributed by atoms with E-state index in [0.29, 0.717) is 10.9 Å². The molecule has 0 aromatic heterocycles. The Morgan fingerprint density at radius 3 is 2.75 bits per heavy atom. The van der Waals surface area contributed by atoms with Crippen LogP contribution in [0.25, 0.3) is 0 Å². The molecule has 0 radical (unpaired) electrons. The number of benzene rings is 1. The monoisotopic (exact) mass is 239 g/mol. The molecule has 0 fully saturated rings. The predicted molar refractivity (Wildman–Crippen MR) is 64.7 cm³/mol. The average molecular weight is 239 g/mol. The van der Waals surface area contributed by atoms with Gasteiger partial charge in [0.1, 0.15) is 0 Å². The van der Waals surface area contributed by atoms with Crippen molar-refractivity contribution in [1.82, 2.24) is 4.90 Å². The van der Waals surface area contributed by atoms with Gasteiger partial charge < -0.3 is 4.55 Å². The smallest absolute Gasteiger partial charge is 0.186 e. The Balaban J connectivity index is 2.28. The molecule has 4 heteroatoms. The van der Waals surface area contributed by atoms with Crippen molar-refractivity contribution in [1.29, 1.82) is 0 Å². The summed E-state index contributed by atoms with van der Waals surface area (Å²) in [6.07, 6.45) is 1.03. The quantitative estimate of drug-likeness (QED) is 0.803. The van der Waals surface area contributed by atoms with E-state index in [1.54, 1.807) is 6.07 Å². The van der Waals surface area contributed by atoms with Crippen LogP contribution in [0.3, 0.4) is 0 Å². The van der Waals surface area contributed by atoms with E-state index >= 15 is 0 Å². The molecule has 0 bridgehead atoms. The van der Waals surface area contributed by atoms with Crippen LogP contribution in [0, 0.1) is 0 Å². The molecule has 1 aliphatic heterocycles. The number of nitrogens with zero attached hydrogens (tertiary/aromatic N) is 1. The fourth-order valence-corrected chi connectivity index (χ4v) is 2.53. The van der Waals surface area contributed by atoms with Gasteiger partial charge in [0, 0.05) is 19.1 Å². The number of hydrogen-bond donors (Lipinski definition) is 1. The highest BCUT2D eigenvalue weighted by Gasteiger charge is 2.18. The maximum Gasteiger partial charge on any atom is 0.186 e. The second-order valence-corrected chi connectivity index (χ2v) is 5.46. The molecule has 0 aliphatic carbocycles. The van der Waals surface area contributed by atoms with Gasteiger partial charge in [-0.2, -0.15) is 0 Å². The highest BCUT2D eigenvalue weighted by atomic mass is 32.2. The summed E-state index contributed by atoms with van der Waals surface area (Å²) in [7, 11) is 0. The van der Waals surface area contributed by atoms with E-state index in [1.165, 1.54) is 11.1 Å².